The van der Waals surface area contributed by atoms with Crippen molar-refractivity contribution >= 4 is 15.6 Å². The lowest BCUT2D eigenvalue weighted by Crippen LogP contribution is -2.34. The van der Waals surface area contributed by atoms with Crippen LogP contribution in [0.5, 0.6) is 0 Å². The van der Waals surface area contributed by atoms with E-state index in [1.807, 2.05) is 36.4 Å². The summed E-state index contributed by atoms with van der Waals surface area (Å²) in [5.41, 5.74) is 2.36. The molecule has 0 atom stereocenters. The van der Waals surface area contributed by atoms with Crippen molar-refractivity contribution in [3.63, 3.8) is 0 Å². The number of aromatic nitrogens is 2. The van der Waals surface area contributed by atoms with E-state index in [2.05, 4.69) is 9.97 Å². The third-order valence-corrected chi connectivity index (χ3v) is 5.39. The van der Waals surface area contributed by atoms with E-state index in [1.165, 1.54) is 16.1 Å². The zero-order valence-electron chi connectivity index (χ0n) is 11.8. The molecule has 1 aromatic carbocycles. The molecule has 0 saturated heterocycles. The first-order chi connectivity index (χ1) is 10.1. The molecule has 3 rings (SSSR count). The number of hydrogen-bond donors (Lipinski definition) is 1. The van der Waals surface area contributed by atoms with Gasteiger partial charge in [0.15, 0.2) is 5.03 Å². The fraction of sp³-hybridized carbons (Fsp3) is 0.267. The van der Waals surface area contributed by atoms with E-state index in [0.29, 0.717) is 18.9 Å². The average molecular weight is 303 g/mol. The Kier molecular flexibility index (Phi) is 3.65. The quantitative estimate of drug-likeness (QED) is 0.945. The molecular formula is C15H17N3O2S. The summed E-state index contributed by atoms with van der Waals surface area (Å²) in [6, 6.07) is 10.1. The molecule has 6 heteroatoms. The number of nitrogens with one attached hydrogen (secondary N) is 1. The van der Waals surface area contributed by atoms with E-state index in [0.717, 1.165) is 12.0 Å². The second-order valence-electron chi connectivity index (χ2n) is 5.04. The van der Waals surface area contributed by atoms with Crippen LogP contribution in [0.25, 0.3) is 5.57 Å². The molecule has 1 aliphatic rings. The average Bonchev–Trinajstić information content (AvgIpc) is 2.96. The summed E-state index contributed by atoms with van der Waals surface area (Å²) in [5.74, 6) is 0.603. The summed E-state index contributed by atoms with van der Waals surface area (Å²) in [6.07, 6.45) is 4.08. The van der Waals surface area contributed by atoms with E-state index in [1.54, 1.807) is 6.92 Å². The minimum atomic E-state index is -3.48. The van der Waals surface area contributed by atoms with Gasteiger partial charge in [-0.3, -0.25) is 0 Å². The molecule has 1 aliphatic heterocycles. The summed E-state index contributed by atoms with van der Waals surface area (Å²) in [4.78, 5) is 6.76. The Morgan fingerprint density at radius 2 is 2.00 bits per heavy atom. The molecule has 0 radical (unpaired) electrons. The second kappa shape index (κ2) is 5.46. The van der Waals surface area contributed by atoms with Crippen molar-refractivity contribution in [3.8, 4) is 0 Å². The van der Waals surface area contributed by atoms with E-state index in [4.69, 9.17) is 0 Å². The van der Waals surface area contributed by atoms with Gasteiger partial charge < -0.3 is 4.98 Å². The van der Waals surface area contributed by atoms with Crippen LogP contribution in [0, 0.1) is 6.92 Å². The molecule has 0 aliphatic carbocycles. The van der Waals surface area contributed by atoms with Gasteiger partial charge in [0.1, 0.15) is 5.82 Å². The highest BCUT2D eigenvalue weighted by molar-refractivity contribution is 7.89. The second-order valence-corrected chi connectivity index (χ2v) is 6.95. The van der Waals surface area contributed by atoms with Crippen molar-refractivity contribution in [3.05, 3.63) is 54.0 Å². The molecule has 110 valence electrons. The standard InChI is InChI=1S/C15H17N3O2S/c1-12-16-11-15(17-12)21(19,20)18-9-7-14(8-10-18)13-5-3-2-4-6-13/h2-7,11H,8-10H2,1H3,(H,16,17). The highest BCUT2D eigenvalue weighted by Crippen LogP contribution is 2.25. The van der Waals surface area contributed by atoms with Crippen LogP contribution in [-0.4, -0.2) is 35.8 Å². The molecule has 2 heterocycles. The third-order valence-electron chi connectivity index (χ3n) is 3.61. The molecule has 0 unspecified atom stereocenters. The molecule has 21 heavy (non-hydrogen) atoms. The zero-order valence-corrected chi connectivity index (χ0v) is 12.6. The van der Waals surface area contributed by atoms with Crippen LogP contribution in [0.15, 0.2) is 47.6 Å². The molecule has 0 spiro atoms. The van der Waals surface area contributed by atoms with Gasteiger partial charge in [-0.1, -0.05) is 36.4 Å². The first-order valence-electron chi connectivity index (χ1n) is 6.83. The number of benzene rings is 1. The summed E-state index contributed by atoms with van der Waals surface area (Å²) in [5, 5.41) is 0.163. The molecule has 5 nitrogen and oxygen atoms in total. The minimum absolute atomic E-state index is 0.163. The van der Waals surface area contributed by atoms with Crippen molar-refractivity contribution in [1.82, 2.24) is 14.3 Å². The van der Waals surface area contributed by atoms with Gasteiger partial charge in [-0.05, 0) is 24.5 Å². The van der Waals surface area contributed by atoms with Crippen LogP contribution in [0.2, 0.25) is 0 Å². The van der Waals surface area contributed by atoms with Gasteiger partial charge >= 0.3 is 0 Å². The van der Waals surface area contributed by atoms with Crippen LogP contribution in [0.3, 0.4) is 0 Å². The maximum absolute atomic E-state index is 12.5. The van der Waals surface area contributed by atoms with Gasteiger partial charge in [0.25, 0.3) is 10.0 Å². The minimum Gasteiger partial charge on any atom is -0.332 e. The third kappa shape index (κ3) is 2.77. The van der Waals surface area contributed by atoms with Crippen LogP contribution in [0.1, 0.15) is 17.8 Å². The molecule has 2 aromatic rings. The van der Waals surface area contributed by atoms with Crippen molar-refractivity contribution < 1.29 is 8.42 Å². The monoisotopic (exact) mass is 303 g/mol. The lowest BCUT2D eigenvalue weighted by atomic mass is 10.0. The van der Waals surface area contributed by atoms with Crippen molar-refractivity contribution in [1.29, 1.82) is 0 Å². The molecular weight excluding hydrogens is 286 g/mol. The highest BCUT2D eigenvalue weighted by atomic mass is 32.2. The summed E-state index contributed by atoms with van der Waals surface area (Å²) < 4.78 is 26.4. The fourth-order valence-corrected chi connectivity index (χ4v) is 3.79. The van der Waals surface area contributed by atoms with Gasteiger partial charge in [0.2, 0.25) is 0 Å². The zero-order chi connectivity index (χ0) is 14.9. The number of sulfonamides is 1. The van der Waals surface area contributed by atoms with Crippen LogP contribution >= 0.6 is 0 Å². The van der Waals surface area contributed by atoms with Gasteiger partial charge in [-0.2, -0.15) is 4.31 Å². The van der Waals surface area contributed by atoms with E-state index >= 15 is 0 Å². The van der Waals surface area contributed by atoms with Gasteiger partial charge in [0.05, 0.1) is 6.20 Å². The molecule has 1 aromatic heterocycles. The Balaban J connectivity index is 1.81. The molecule has 0 saturated carbocycles. The number of H-pyrrole nitrogens is 1. The fourth-order valence-electron chi connectivity index (χ4n) is 2.45. The van der Waals surface area contributed by atoms with Gasteiger partial charge in [0, 0.05) is 13.1 Å². The Bertz CT molecular complexity index is 763. The lowest BCUT2D eigenvalue weighted by Gasteiger charge is -2.25. The Morgan fingerprint density at radius 3 is 2.57 bits per heavy atom. The normalized spacial score (nSPS) is 16.7. The van der Waals surface area contributed by atoms with E-state index in [-0.39, 0.29) is 5.03 Å². The van der Waals surface area contributed by atoms with Gasteiger partial charge in [-0.15, -0.1) is 0 Å². The number of nitrogens with zero attached hydrogens (tertiary/aromatic N) is 2. The summed E-state index contributed by atoms with van der Waals surface area (Å²) in [6.45, 7) is 2.62. The molecule has 0 amide bonds. The Morgan fingerprint density at radius 1 is 1.24 bits per heavy atom. The molecule has 0 fully saturated rings. The number of aryl methyl sites for hydroxylation is 1. The molecule has 1 N–H and O–H groups in total. The summed E-state index contributed by atoms with van der Waals surface area (Å²) in [7, 11) is -3.48. The topological polar surface area (TPSA) is 66.1 Å². The van der Waals surface area contributed by atoms with Crippen LogP contribution < -0.4 is 0 Å². The predicted octanol–water partition coefficient (Wildman–Crippen LogP) is 2.20. The smallest absolute Gasteiger partial charge is 0.260 e. The van der Waals surface area contributed by atoms with Crippen molar-refractivity contribution in [2.45, 2.75) is 18.4 Å². The van der Waals surface area contributed by atoms with Crippen molar-refractivity contribution in [2.75, 3.05) is 13.1 Å². The van der Waals surface area contributed by atoms with Crippen LogP contribution in [-0.2, 0) is 10.0 Å². The Hall–Kier alpha value is -1.92. The largest absolute Gasteiger partial charge is 0.332 e. The summed E-state index contributed by atoms with van der Waals surface area (Å²) >= 11 is 0. The number of imidazole rings is 1. The lowest BCUT2D eigenvalue weighted by molar-refractivity contribution is 0.439. The Labute approximate surface area is 124 Å². The van der Waals surface area contributed by atoms with Crippen LogP contribution in [0.4, 0.5) is 0 Å². The first kappa shape index (κ1) is 14.0. The van der Waals surface area contributed by atoms with E-state index in [9.17, 15) is 8.42 Å². The van der Waals surface area contributed by atoms with Gasteiger partial charge in [-0.25, -0.2) is 13.4 Å². The first-order valence-corrected chi connectivity index (χ1v) is 8.27. The number of hydrogen-bond acceptors (Lipinski definition) is 3. The van der Waals surface area contributed by atoms with E-state index < -0.39 is 10.0 Å². The predicted molar refractivity (Wildman–Crippen MR) is 81.1 cm³/mol. The SMILES string of the molecule is Cc1ncc(S(=O)(=O)N2CC=C(c3ccccc3)CC2)[nH]1. The maximum Gasteiger partial charge on any atom is 0.260 e. The highest BCUT2D eigenvalue weighted by Gasteiger charge is 2.27. The maximum atomic E-state index is 12.5. The number of aromatic amines is 1. The molecule has 0 bridgehead atoms. The number of rotatable bonds is 3. The van der Waals surface area contributed by atoms with Crippen molar-refractivity contribution in [2.24, 2.45) is 0 Å².